The first-order valence-electron chi connectivity index (χ1n) is 10.1. The second kappa shape index (κ2) is 7.47. The van der Waals surface area contributed by atoms with E-state index in [0.29, 0.717) is 0 Å². The number of aryl methyl sites for hydroxylation is 1. The summed E-state index contributed by atoms with van der Waals surface area (Å²) in [7, 11) is 0. The van der Waals surface area contributed by atoms with Gasteiger partial charge in [0, 0.05) is 17.1 Å². The van der Waals surface area contributed by atoms with Gasteiger partial charge in [-0.3, -0.25) is 0 Å². The van der Waals surface area contributed by atoms with Gasteiger partial charge in [-0.05, 0) is 70.8 Å². The van der Waals surface area contributed by atoms with Gasteiger partial charge in [0.15, 0.2) is 0 Å². The third-order valence-electron chi connectivity index (χ3n) is 5.24. The lowest BCUT2D eigenvalue weighted by molar-refractivity contribution is 0.590. The summed E-state index contributed by atoms with van der Waals surface area (Å²) in [5, 5.41) is 0. The Hall–Kier alpha value is -2.54. The first-order valence-corrected chi connectivity index (χ1v) is 10.1. The molecule has 146 valence electrons. The summed E-state index contributed by atoms with van der Waals surface area (Å²) in [6.07, 6.45) is 0. The highest BCUT2D eigenvalue weighted by atomic mass is 15.1. The summed E-state index contributed by atoms with van der Waals surface area (Å²) in [4.78, 5) is 2.34. The molecule has 3 aromatic rings. The molecule has 0 fully saturated rings. The van der Waals surface area contributed by atoms with E-state index in [0.717, 1.165) is 0 Å². The Morgan fingerprint density at radius 2 is 0.964 bits per heavy atom. The van der Waals surface area contributed by atoms with Crippen molar-refractivity contribution in [1.29, 1.82) is 0 Å². The largest absolute Gasteiger partial charge is 0.310 e. The third-order valence-corrected chi connectivity index (χ3v) is 5.24. The molecular formula is C27H33N. The molecule has 0 aliphatic rings. The monoisotopic (exact) mass is 371 g/mol. The zero-order valence-corrected chi connectivity index (χ0v) is 18.4. The van der Waals surface area contributed by atoms with Crippen molar-refractivity contribution in [3.05, 3.63) is 89.5 Å². The molecule has 1 heteroatoms. The summed E-state index contributed by atoms with van der Waals surface area (Å²) in [5.41, 5.74) is 7.82. The van der Waals surface area contributed by atoms with E-state index in [9.17, 15) is 0 Å². The van der Waals surface area contributed by atoms with E-state index in [1.165, 1.54) is 33.8 Å². The fourth-order valence-corrected chi connectivity index (χ4v) is 3.44. The number of hydrogen-bond acceptors (Lipinski definition) is 1. The lowest BCUT2D eigenvalue weighted by Crippen LogP contribution is -2.14. The molecule has 0 saturated heterocycles. The number of nitrogens with zero attached hydrogens (tertiary/aromatic N) is 1. The smallest absolute Gasteiger partial charge is 0.0464 e. The van der Waals surface area contributed by atoms with Crippen molar-refractivity contribution in [2.75, 3.05) is 4.90 Å². The molecule has 0 aliphatic carbocycles. The van der Waals surface area contributed by atoms with Gasteiger partial charge in [-0.2, -0.15) is 0 Å². The van der Waals surface area contributed by atoms with Gasteiger partial charge in [0.1, 0.15) is 0 Å². The molecule has 0 radical (unpaired) electrons. The summed E-state index contributed by atoms with van der Waals surface area (Å²) < 4.78 is 0. The van der Waals surface area contributed by atoms with Crippen LogP contribution in [0.15, 0.2) is 72.8 Å². The van der Waals surface area contributed by atoms with E-state index in [1.807, 2.05) is 0 Å². The number of benzene rings is 3. The van der Waals surface area contributed by atoms with Gasteiger partial charge >= 0.3 is 0 Å². The van der Waals surface area contributed by atoms with Crippen LogP contribution in [0.1, 0.15) is 58.2 Å². The second-order valence-corrected chi connectivity index (χ2v) is 9.77. The quantitative estimate of drug-likeness (QED) is 0.450. The lowest BCUT2D eigenvalue weighted by atomic mass is 9.86. The average Bonchev–Trinajstić information content (AvgIpc) is 2.61. The number of hydrogen-bond donors (Lipinski definition) is 0. The number of anilines is 3. The first-order chi connectivity index (χ1) is 13.1. The van der Waals surface area contributed by atoms with Crippen LogP contribution >= 0.6 is 0 Å². The predicted octanol–water partition coefficient (Wildman–Crippen LogP) is 8.06. The van der Waals surface area contributed by atoms with Crippen LogP contribution in [0.25, 0.3) is 0 Å². The van der Waals surface area contributed by atoms with Crippen molar-refractivity contribution in [3.8, 4) is 0 Å². The van der Waals surface area contributed by atoms with Gasteiger partial charge in [0.2, 0.25) is 0 Å². The van der Waals surface area contributed by atoms with Crippen LogP contribution in [0.5, 0.6) is 0 Å². The normalized spacial score (nSPS) is 12.1. The van der Waals surface area contributed by atoms with Crippen LogP contribution < -0.4 is 4.90 Å². The Morgan fingerprint density at radius 3 is 1.32 bits per heavy atom. The molecule has 1 nitrogen and oxygen atoms in total. The van der Waals surface area contributed by atoms with Crippen molar-refractivity contribution in [1.82, 2.24) is 0 Å². The second-order valence-electron chi connectivity index (χ2n) is 9.77. The van der Waals surface area contributed by atoms with Gasteiger partial charge in [0.25, 0.3) is 0 Å². The van der Waals surface area contributed by atoms with E-state index in [4.69, 9.17) is 0 Å². The highest BCUT2D eigenvalue weighted by Crippen LogP contribution is 2.37. The molecule has 0 unspecified atom stereocenters. The van der Waals surface area contributed by atoms with Crippen LogP contribution in [-0.2, 0) is 10.8 Å². The third kappa shape index (κ3) is 4.47. The Morgan fingerprint density at radius 1 is 0.536 bits per heavy atom. The van der Waals surface area contributed by atoms with Crippen LogP contribution in [0.2, 0.25) is 0 Å². The molecule has 0 heterocycles. The summed E-state index contributed by atoms with van der Waals surface area (Å²) in [6.45, 7) is 15.7. The van der Waals surface area contributed by atoms with Crippen LogP contribution in [-0.4, -0.2) is 0 Å². The Kier molecular flexibility index (Phi) is 5.39. The van der Waals surface area contributed by atoms with E-state index < -0.39 is 0 Å². The highest BCUT2D eigenvalue weighted by molar-refractivity contribution is 5.77. The summed E-state index contributed by atoms with van der Waals surface area (Å²) in [6, 6.07) is 26.7. The van der Waals surface area contributed by atoms with Gasteiger partial charge in [-0.25, -0.2) is 0 Å². The molecule has 3 rings (SSSR count). The zero-order valence-electron chi connectivity index (χ0n) is 18.4. The van der Waals surface area contributed by atoms with Crippen molar-refractivity contribution < 1.29 is 0 Å². The molecule has 3 aromatic carbocycles. The van der Waals surface area contributed by atoms with Crippen molar-refractivity contribution in [2.45, 2.75) is 59.3 Å². The van der Waals surface area contributed by atoms with E-state index in [-0.39, 0.29) is 10.8 Å². The fraction of sp³-hybridized carbons (Fsp3) is 0.333. The van der Waals surface area contributed by atoms with E-state index in [2.05, 4.69) is 126 Å². The molecule has 0 bridgehead atoms. The minimum absolute atomic E-state index is 0.154. The standard InChI is InChI=1S/C27H33N/c1-20-9-8-10-25(19-20)28(23-15-11-21(12-16-23)26(2,3)4)24-17-13-22(14-18-24)27(5,6)7/h8-19H,1-7H3. The molecule has 0 N–H and O–H groups in total. The van der Waals surface area contributed by atoms with Crippen LogP contribution in [0.4, 0.5) is 17.1 Å². The SMILES string of the molecule is Cc1cccc(N(c2ccc(C(C)(C)C)cc2)c2ccc(C(C)(C)C)cc2)c1. The Labute approximate surface area is 171 Å². The zero-order chi connectivity index (χ0) is 20.5. The highest BCUT2D eigenvalue weighted by Gasteiger charge is 2.18. The van der Waals surface area contributed by atoms with Gasteiger partial charge < -0.3 is 4.90 Å². The maximum atomic E-state index is 2.34. The molecule has 0 atom stereocenters. The minimum atomic E-state index is 0.154. The average molecular weight is 372 g/mol. The van der Waals surface area contributed by atoms with Gasteiger partial charge in [-0.1, -0.05) is 77.9 Å². The minimum Gasteiger partial charge on any atom is -0.310 e. The topological polar surface area (TPSA) is 3.24 Å². The van der Waals surface area contributed by atoms with Crippen LogP contribution in [0.3, 0.4) is 0 Å². The van der Waals surface area contributed by atoms with E-state index in [1.54, 1.807) is 0 Å². The Bertz CT molecular complexity index is 862. The summed E-state index contributed by atoms with van der Waals surface area (Å²) in [5.74, 6) is 0. The fourth-order valence-electron chi connectivity index (χ4n) is 3.44. The predicted molar refractivity (Wildman–Crippen MR) is 123 cm³/mol. The lowest BCUT2D eigenvalue weighted by Gasteiger charge is -2.28. The van der Waals surface area contributed by atoms with Crippen molar-refractivity contribution in [3.63, 3.8) is 0 Å². The Balaban J connectivity index is 2.08. The van der Waals surface area contributed by atoms with Crippen molar-refractivity contribution in [2.24, 2.45) is 0 Å². The maximum Gasteiger partial charge on any atom is 0.0464 e. The summed E-state index contributed by atoms with van der Waals surface area (Å²) >= 11 is 0. The van der Waals surface area contributed by atoms with Gasteiger partial charge in [0.05, 0.1) is 0 Å². The molecular weight excluding hydrogens is 338 g/mol. The molecule has 28 heavy (non-hydrogen) atoms. The molecule has 0 amide bonds. The van der Waals surface area contributed by atoms with Crippen LogP contribution in [0, 0.1) is 6.92 Å². The first kappa shape index (κ1) is 20.2. The molecule has 0 aromatic heterocycles. The molecule has 0 aliphatic heterocycles. The molecule has 0 saturated carbocycles. The van der Waals surface area contributed by atoms with Gasteiger partial charge in [-0.15, -0.1) is 0 Å². The van der Waals surface area contributed by atoms with Crippen molar-refractivity contribution >= 4 is 17.1 Å². The van der Waals surface area contributed by atoms with E-state index >= 15 is 0 Å². The maximum absolute atomic E-state index is 2.34. The number of rotatable bonds is 3. The molecule has 0 spiro atoms.